The van der Waals surface area contributed by atoms with Crippen molar-refractivity contribution in [3.8, 4) is 0 Å². The van der Waals surface area contributed by atoms with E-state index in [-0.39, 0.29) is 11.8 Å². The molecule has 1 atom stereocenters. The van der Waals surface area contributed by atoms with Crippen molar-refractivity contribution in [1.29, 1.82) is 0 Å². The topological polar surface area (TPSA) is 66.5 Å². The van der Waals surface area contributed by atoms with Crippen LogP contribution in [-0.2, 0) is 14.8 Å². The summed E-state index contributed by atoms with van der Waals surface area (Å²) in [6.07, 6.45) is 0. The summed E-state index contributed by atoms with van der Waals surface area (Å²) in [7, 11) is -4.09. The fourth-order valence-electron chi connectivity index (χ4n) is 2.12. The molecular weight excluding hydrogens is 407 g/mol. The maximum absolute atomic E-state index is 14.0. The molecule has 1 fully saturated rings. The van der Waals surface area contributed by atoms with E-state index in [1.54, 1.807) is 0 Å². The molecule has 1 aromatic carbocycles. The first kappa shape index (κ1) is 18.7. The van der Waals surface area contributed by atoms with Gasteiger partial charge in [-0.15, -0.1) is 11.8 Å². The van der Waals surface area contributed by atoms with E-state index in [0.717, 1.165) is 10.4 Å². The number of sulfonamides is 1. The van der Waals surface area contributed by atoms with Crippen LogP contribution in [0.1, 0.15) is 20.8 Å². The number of thioether (sulfide) groups is 1. The van der Waals surface area contributed by atoms with Gasteiger partial charge < -0.3 is 5.32 Å². The van der Waals surface area contributed by atoms with Crippen LogP contribution in [0.2, 0.25) is 0 Å². The molecule has 1 aliphatic rings. The van der Waals surface area contributed by atoms with Gasteiger partial charge in [-0.3, -0.25) is 4.79 Å². The molecule has 23 heavy (non-hydrogen) atoms. The lowest BCUT2D eigenvalue weighted by Crippen LogP contribution is -2.52. The highest BCUT2D eigenvalue weighted by Crippen LogP contribution is 2.31. The second-order valence-electron chi connectivity index (χ2n) is 6.22. The van der Waals surface area contributed by atoms with Crippen LogP contribution in [0.5, 0.6) is 0 Å². The minimum Gasteiger partial charge on any atom is -0.350 e. The molecular formula is C14H18BrFN2O3S2. The largest absolute Gasteiger partial charge is 0.350 e. The van der Waals surface area contributed by atoms with Crippen molar-refractivity contribution in [1.82, 2.24) is 9.62 Å². The molecule has 1 N–H and O–H groups in total. The van der Waals surface area contributed by atoms with E-state index in [1.807, 2.05) is 20.8 Å². The molecule has 1 saturated heterocycles. The van der Waals surface area contributed by atoms with Crippen LogP contribution in [0.3, 0.4) is 0 Å². The summed E-state index contributed by atoms with van der Waals surface area (Å²) in [6, 6.07) is 2.89. The zero-order valence-corrected chi connectivity index (χ0v) is 16.2. The Morgan fingerprint density at radius 3 is 2.70 bits per heavy atom. The number of amides is 1. The highest BCUT2D eigenvalue weighted by Gasteiger charge is 2.41. The number of rotatable bonds is 3. The zero-order valence-electron chi connectivity index (χ0n) is 13.0. The van der Waals surface area contributed by atoms with Gasteiger partial charge in [-0.25, -0.2) is 12.8 Å². The summed E-state index contributed by atoms with van der Waals surface area (Å²) >= 11 is 4.48. The Kier molecular flexibility index (Phi) is 5.44. The molecule has 1 aliphatic heterocycles. The molecule has 0 aromatic heterocycles. The Morgan fingerprint density at radius 1 is 1.43 bits per heavy atom. The van der Waals surface area contributed by atoms with Gasteiger partial charge in [-0.2, -0.15) is 4.31 Å². The third-order valence-electron chi connectivity index (χ3n) is 3.12. The van der Waals surface area contributed by atoms with E-state index < -0.39 is 32.3 Å². The van der Waals surface area contributed by atoms with Crippen LogP contribution < -0.4 is 5.32 Å². The highest BCUT2D eigenvalue weighted by atomic mass is 79.9. The van der Waals surface area contributed by atoms with E-state index in [0.29, 0.717) is 10.2 Å². The summed E-state index contributed by atoms with van der Waals surface area (Å²) in [5.41, 5.74) is -0.471. The van der Waals surface area contributed by atoms with Gasteiger partial charge in [0, 0.05) is 15.8 Å². The maximum atomic E-state index is 14.0. The number of hydrogen-bond acceptors (Lipinski definition) is 4. The third-order valence-corrected chi connectivity index (χ3v) is 6.66. The first-order valence-electron chi connectivity index (χ1n) is 6.89. The average molecular weight is 425 g/mol. The number of halogens is 2. The van der Waals surface area contributed by atoms with E-state index in [4.69, 9.17) is 0 Å². The van der Waals surface area contributed by atoms with Gasteiger partial charge in [-0.1, -0.05) is 15.9 Å². The maximum Gasteiger partial charge on any atom is 0.247 e. The molecule has 0 bridgehead atoms. The molecule has 9 heteroatoms. The minimum atomic E-state index is -4.09. The van der Waals surface area contributed by atoms with Gasteiger partial charge in [0.25, 0.3) is 0 Å². The Morgan fingerprint density at radius 2 is 2.09 bits per heavy atom. The smallest absolute Gasteiger partial charge is 0.247 e. The summed E-state index contributed by atoms with van der Waals surface area (Å²) in [5, 5.41) is 2.78. The monoisotopic (exact) mass is 424 g/mol. The van der Waals surface area contributed by atoms with Crippen molar-refractivity contribution < 1.29 is 17.6 Å². The van der Waals surface area contributed by atoms with Crippen LogP contribution in [0.15, 0.2) is 27.6 Å². The van der Waals surface area contributed by atoms with Gasteiger partial charge in [0.2, 0.25) is 15.9 Å². The minimum absolute atomic E-state index is 0.122. The lowest BCUT2D eigenvalue weighted by molar-refractivity contribution is -0.125. The Balaban J connectivity index is 2.35. The van der Waals surface area contributed by atoms with E-state index in [2.05, 4.69) is 21.2 Å². The van der Waals surface area contributed by atoms with E-state index in [1.165, 1.54) is 23.9 Å². The second-order valence-corrected chi connectivity index (χ2v) is 10.00. The quantitative estimate of drug-likeness (QED) is 0.809. The normalized spacial score (nSPS) is 19.8. The number of nitrogens with zero attached hydrogens (tertiary/aromatic N) is 1. The molecule has 1 unspecified atom stereocenters. The Hall–Kier alpha value is -0.640. The van der Waals surface area contributed by atoms with Gasteiger partial charge in [0.15, 0.2) is 0 Å². The molecule has 0 saturated carbocycles. The average Bonchev–Trinajstić information content (AvgIpc) is 2.89. The van der Waals surface area contributed by atoms with Crippen LogP contribution in [0, 0.1) is 5.82 Å². The summed E-state index contributed by atoms with van der Waals surface area (Å²) in [6.45, 7) is 5.46. The second kappa shape index (κ2) is 6.70. The predicted molar refractivity (Wildman–Crippen MR) is 92.1 cm³/mol. The van der Waals surface area contributed by atoms with Crippen molar-refractivity contribution >= 4 is 43.6 Å². The van der Waals surface area contributed by atoms with Gasteiger partial charge >= 0.3 is 0 Å². The van der Waals surface area contributed by atoms with Crippen LogP contribution in [0.25, 0.3) is 0 Å². The predicted octanol–water partition coefficient (Wildman–Crippen LogP) is 2.57. The first-order valence-corrected chi connectivity index (χ1v) is 10.3. The number of nitrogens with one attached hydrogen (secondary N) is 1. The van der Waals surface area contributed by atoms with Crippen molar-refractivity contribution in [3.05, 3.63) is 28.5 Å². The van der Waals surface area contributed by atoms with E-state index >= 15 is 0 Å². The molecule has 1 amide bonds. The number of carbonyl (C=O) groups is 1. The Labute approximate surface area is 148 Å². The molecule has 2 rings (SSSR count). The molecule has 0 radical (unpaired) electrons. The highest BCUT2D eigenvalue weighted by molar-refractivity contribution is 9.10. The lowest BCUT2D eigenvalue weighted by Gasteiger charge is -2.27. The third kappa shape index (κ3) is 4.26. The molecule has 1 aromatic rings. The molecule has 128 valence electrons. The number of benzene rings is 1. The van der Waals surface area contributed by atoms with Crippen molar-refractivity contribution in [2.75, 3.05) is 11.6 Å². The standard InChI is InChI=1S/C14H18BrFN2O3S2/c1-14(2,3)17-13(19)11-7-22-8-18(11)23(20,21)12-6-9(15)4-5-10(12)16/h4-6,11H,7-8H2,1-3H3,(H,17,19). The van der Waals surface area contributed by atoms with Crippen molar-refractivity contribution in [2.45, 2.75) is 37.2 Å². The number of carbonyl (C=O) groups excluding carboxylic acids is 1. The Bertz CT molecular complexity index is 719. The lowest BCUT2D eigenvalue weighted by atomic mass is 10.1. The van der Waals surface area contributed by atoms with Crippen molar-refractivity contribution in [3.63, 3.8) is 0 Å². The van der Waals surface area contributed by atoms with Crippen molar-refractivity contribution in [2.24, 2.45) is 0 Å². The molecule has 5 nitrogen and oxygen atoms in total. The molecule has 1 heterocycles. The summed E-state index contributed by atoms with van der Waals surface area (Å²) < 4.78 is 41.0. The van der Waals surface area contributed by atoms with Crippen LogP contribution >= 0.6 is 27.7 Å². The summed E-state index contributed by atoms with van der Waals surface area (Å²) in [5.74, 6) is -0.741. The fraction of sp³-hybridized carbons (Fsp3) is 0.500. The number of hydrogen-bond donors (Lipinski definition) is 1. The zero-order chi connectivity index (χ0) is 17.4. The fourth-order valence-corrected chi connectivity index (χ4v) is 5.88. The van der Waals surface area contributed by atoms with Crippen LogP contribution in [-0.4, -0.2) is 41.8 Å². The van der Waals surface area contributed by atoms with E-state index in [9.17, 15) is 17.6 Å². The first-order chi connectivity index (χ1) is 10.5. The van der Waals surface area contributed by atoms with Gasteiger partial charge in [0.1, 0.15) is 16.8 Å². The molecule has 0 aliphatic carbocycles. The van der Waals surface area contributed by atoms with Gasteiger partial charge in [0.05, 0.1) is 5.88 Å². The molecule has 0 spiro atoms. The van der Waals surface area contributed by atoms with Gasteiger partial charge in [-0.05, 0) is 39.0 Å². The SMILES string of the molecule is CC(C)(C)NC(=O)C1CSCN1S(=O)(=O)c1cc(Br)ccc1F. The summed E-state index contributed by atoms with van der Waals surface area (Å²) in [4.78, 5) is 11.9. The van der Waals surface area contributed by atoms with Crippen LogP contribution in [0.4, 0.5) is 4.39 Å².